The second kappa shape index (κ2) is 6.04. The minimum Gasteiger partial charge on any atom is -0.293 e. The van der Waals surface area contributed by atoms with Gasteiger partial charge in [0.25, 0.3) is 0 Å². The number of carbonyl (C=O) groups is 1. The predicted octanol–water partition coefficient (Wildman–Crippen LogP) is 3.66. The molecule has 1 heterocycles. The molecule has 2 nitrogen and oxygen atoms in total. The Morgan fingerprint density at radius 3 is 2.75 bits per heavy atom. The highest BCUT2D eigenvalue weighted by atomic mass is 19.1. The lowest BCUT2D eigenvalue weighted by Gasteiger charge is -2.43. The van der Waals surface area contributed by atoms with E-state index in [-0.39, 0.29) is 11.3 Å². The predicted molar refractivity (Wildman–Crippen MR) is 77.3 cm³/mol. The maximum atomic E-state index is 13.7. The lowest BCUT2D eigenvalue weighted by molar-refractivity contribution is 0.0537. The Morgan fingerprint density at radius 1 is 1.15 bits per heavy atom. The molecule has 2 aliphatic rings. The first kappa shape index (κ1) is 13.7. The Morgan fingerprint density at radius 2 is 1.90 bits per heavy atom. The molecule has 1 saturated heterocycles. The summed E-state index contributed by atoms with van der Waals surface area (Å²) < 4.78 is 13.7. The van der Waals surface area contributed by atoms with Crippen LogP contribution in [0.25, 0.3) is 0 Å². The normalized spacial score (nSPS) is 27.1. The fraction of sp³-hybridized carbons (Fsp3) is 0.588. The minimum atomic E-state index is -0.394. The molecule has 0 amide bonds. The molecule has 3 rings (SSSR count). The van der Waals surface area contributed by atoms with Gasteiger partial charge in [0, 0.05) is 6.04 Å². The molecule has 1 saturated carbocycles. The maximum absolute atomic E-state index is 13.7. The van der Waals surface area contributed by atoms with E-state index in [1.807, 2.05) is 0 Å². The van der Waals surface area contributed by atoms with Crippen molar-refractivity contribution in [1.82, 2.24) is 4.90 Å². The van der Waals surface area contributed by atoms with E-state index in [1.54, 1.807) is 18.2 Å². The van der Waals surface area contributed by atoms with Crippen LogP contribution in [0.2, 0.25) is 0 Å². The van der Waals surface area contributed by atoms with Crippen LogP contribution in [-0.2, 0) is 0 Å². The fourth-order valence-electron chi connectivity index (χ4n) is 3.88. The molecule has 1 aromatic rings. The number of hydrogen-bond acceptors (Lipinski definition) is 2. The fourth-order valence-corrected chi connectivity index (χ4v) is 3.88. The third-order valence-corrected chi connectivity index (χ3v) is 4.88. The number of fused-ring (bicyclic) bond motifs is 1. The van der Waals surface area contributed by atoms with Crippen molar-refractivity contribution in [3.05, 3.63) is 35.6 Å². The minimum absolute atomic E-state index is 0.0747. The molecular weight excluding hydrogens is 253 g/mol. The monoisotopic (exact) mass is 275 g/mol. The molecule has 108 valence electrons. The van der Waals surface area contributed by atoms with Gasteiger partial charge in [-0.3, -0.25) is 9.69 Å². The molecule has 0 unspecified atom stereocenters. The molecule has 1 aromatic carbocycles. The quantitative estimate of drug-likeness (QED) is 0.785. The number of piperidine rings is 1. The number of halogens is 1. The number of rotatable bonds is 3. The van der Waals surface area contributed by atoms with E-state index >= 15 is 0 Å². The van der Waals surface area contributed by atoms with Gasteiger partial charge >= 0.3 is 0 Å². The summed E-state index contributed by atoms with van der Waals surface area (Å²) in [6.07, 6.45) is 7.58. The van der Waals surface area contributed by atoms with E-state index < -0.39 is 5.82 Å². The Kier molecular flexibility index (Phi) is 4.16. The van der Waals surface area contributed by atoms with Gasteiger partial charge in [0.15, 0.2) is 5.78 Å². The summed E-state index contributed by atoms with van der Waals surface area (Å²) in [5.41, 5.74) is 0.241. The van der Waals surface area contributed by atoms with Crippen LogP contribution in [0.4, 0.5) is 4.39 Å². The summed E-state index contributed by atoms with van der Waals surface area (Å²) in [5, 5.41) is 0. The van der Waals surface area contributed by atoms with Crippen molar-refractivity contribution in [2.24, 2.45) is 5.92 Å². The zero-order chi connectivity index (χ0) is 13.9. The van der Waals surface area contributed by atoms with Gasteiger partial charge in [-0.1, -0.05) is 25.0 Å². The molecule has 3 heteroatoms. The van der Waals surface area contributed by atoms with Gasteiger partial charge in [-0.15, -0.1) is 0 Å². The number of benzene rings is 1. The van der Waals surface area contributed by atoms with E-state index in [9.17, 15) is 9.18 Å². The zero-order valence-corrected chi connectivity index (χ0v) is 11.9. The number of nitrogens with zero attached hydrogens (tertiary/aromatic N) is 1. The molecule has 0 N–H and O–H groups in total. The van der Waals surface area contributed by atoms with Gasteiger partial charge in [-0.25, -0.2) is 4.39 Å². The SMILES string of the molecule is O=C(CN1CCC[C@H]2CCCC[C@H]21)c1ccccc1F. The molecule has 0 radical (unpaired) electrons. The molecule has 0 spiro atoms. The molecule has 2 fully saturated rings. The topological polar surface area (TPSA) is 20.3 Å². The van der Waals surface area contributed by atoms with Gasteiger partial charge in [0.2, 0.25) is 0 Å². The van der Waals surface area contributed by atoms with Crippen LogP contribution in [0.15, 0.2) is 24.3 Å². The molecular formula is C17H22FNO. The second-order valence-corrected chi connectivity index (χ2v) is 6.13. The summed E-state index contributed by atoms with van der Waals surface area (Å²) >= 11 is 0. The van der Waals surface area contributed by atoms with Crippen molar-refractivity contribution in [3.8, 4) is 0 Å². The van der Waals surface area contributed by atoms with Crippen molar-refractivity contribution >= 4 is 5.78 Å². The van der Waals surface area contributed by atoms with Crippen LogP contribution in [0.5, 0.6) is 0 Å². The number of Topliss-reactive ketones (excluding diaryl/α,β-unsaturated/α-hetero) is 1. The Hall–Kier alpha value is -1.22. The summed E-state index contributed by atoms with van der Waals surface area (Å²) in [7, 11) is 0. The average molecular weight is 275 g/mol. The Labute approximate surface area is 120 Å². The highest BCUT2D eigenvalue weighted by Gasteiger charge is 2.34. The zero-order valence-electron chi connectivity index (χ0n) is 11.9. The number of hydrogen-bond donors (Lipinski definition) is 0. The van der Waals surface area contributed by atoms with Crippen LogP contribution in [0, 0.1) is 11.7 Å². The highest BCUT2D eigenvalue weighted by molar-refractivity contribution is 5.97. The molecule has 0 aromatic heterocycles. The maximum Gasteiger partial charge on any atom is 0.179 e. The van der Waals surface area contributed by atoms with Crippen molar-refractivity contribution < 1.29 is 9.18 Å². The standard InChI is InChI=1S/C17H22FNO/c18-15-9-3-2-8-14(15)17(20)12-19-11-5-7-13-6-1-4-10-16(13)19/h2-3,8-9,13,16H,1,4-7,10-12H2/t13-,16-/m1/s1. The van der Waals surface area contributed by atoms with Gasteiger partial charge in [0.1, 0.15) is 5.82 Å². The first-order chi connectivity index (χ1) is 9.75. The van der Waals surface area contributed by atoms with Crippen LogP contribution in [-0.4, -0.2) is 29.8 Å². The summed E-state index contributed by atoms with van der Waals surface area (Å²) in [6, 6.07) is 6.88. The second-order valence-electron chi connectivity index (χ2n) is 6.13. The van der Waals surface area contributed by atoms with Gasteiger partial charge in [0.05, 0.1) is 12.1 Å². The largest absolute Gasteiger partial charge is 0.293 e. The van der Waals surface area contributed by atoms with E-state index in [1.165, 1.54) is 44.6 Å². The number of carbonyl (C=O) groups excluding carboxylic acids is 1. The lowest BCUT2D eigenvalue weighted by Crippen LogP contribution is -2.48. The van der Waals surface area contributed by atoms with Crippen LogP contribution in [0.1, 0.15) is 48.9 Å². The lowest BCUT2D eigenvalue weighted by atomic mass is 9.78. The van der Waals surface area contributed by atoms with E-state index in [0.29, 0.717) is 12.6 Å². The number of ketones is 1. The van der Waals surface area contributed by atoms with Crippen molar-refractivity contribution in [3.63, 3.8) is 0 Å². The number of likely N-dealkylation sites (tertiary alicyclic amines) is 1. The summed E-state index contributed by atoms with van der Waals surface area (Å²) in [6.45, 7) is 1.36. The Balaban J connectivity index is 1.70. The molecule has 1 aliphatic carbocycles. The van der Waals surface area contributed by atoms with Crippen molar-refractivity contribution in [1.29, 1.82) is 0 Å². The first-order valence-corrected chi connectivity index (χ1v) is 7.77. The smallest absolute Gasteiger partial charge is 0.179 e. The average Bonchev–Trinajstić information content (AvgIpc) is 2.48. The van der Waals surface area contributed by atoms with Crippen LogP contribution >= 0.6 is 0 Å². The molecule has 1 aliphatic heterocycles. The van der Waals surface area contributed by atoms with E-state index in [0.717, 1.165) is 12.5 Å². The van der Waals surface area contributed by atoms with Gasteiger partial charge in [-0.2, -0.15) is 0 Å². The van der Waals surface area contributed by atoms with Crippen molar-refractivity contribution in [2.45, 2.75) is 44.6 Å². The highest BCUT2D eigenvalue weighted by Crippen LogP contribution is 2.35. The Bertz CT molecular complexity index is 486. The van der Waals surface area contributed by atoms with Gasteiger partial charge < -0.3 is 0 Å². The summed E-state index contributed by atoms with van der Waals surface area (Å²) in [4.78, 5) is 14.6. The van der Waals surface area contributed by atoms with Crippen molar-refractivity contribution in [2.75, 3.05) is 13.1 Å². The molecule has 0 bridgehead atoms. The first-order valence-electron chi connectivity index (χ1n) is 7.77. The molecule has 20 heavy (non-hydrogen) atoms. The third-order valence-electron chi connectivity index (χ3n) is 4.88. The third kappa shape index (κ3) is 2.78. The van der Waals surface area contributed by atoms with Crippen LogP contribution < -0.4 is 0 Å². The van der Waals surface area contributed by atoms with E-state index in [4.69, 9.17) is 0 Å². The van der Waals surface area contributed by atoms with Crippen LogP contribution in [0.3, 0.4) is 0 Å². The van der Waals surface area contributed by atoms with Gasteiger partial charge in [-0.05, 0) is 50.3 Å². The molecule has 2 atom stereocenters. The summed E-state index contributed by atoms with van der Waals surface area (Å²) in [5.74, 6) is 0.287. The van der Waals surface area contributed by atoms with E-state index in [2.05, 4.69) is 4.90 Å².